The van der Waals surface area contributed by atoms with E-state index in [0.29, 0.717) is 24.1 Å². The minimum atomic E-state index is 0.382. The predicted octanol–water partition coefficient (Wildman–Crippen LogP) is 2.12. The van der Waals surface area contributed by atoms with Crippen molar-refractivity contribution in [1.29, 1.82) is 0 Å². The lowest BCUT2D eigenvalue weighted by molar-refractivity contribution is 0.0566. The van der Waals surface area contributed by atoms with Gasteiger partial charge in [0.1, 0.15) is 0 Å². The monoisotopic (exact) mass is 242 g/mol. The van der Waals surface area contributed by atoms with E-state index in [9.17, 15) is 0 Å². The Kier molecular flexibility index (Phi) is 6.45. The summed E-state index contributed by atoms with van der Waals surface area (Å²) in [5.74, 6) is 0.678. The van der Waals surface area contributed by atoms with Crippen LogP contribution >= 0.6 is 0 Å². The van der Waals surface area contributed by atoms with Gasteiger partial charge in [0, 0.05) is 25.2 Å². The van der Waals surface area contributed by atoms with Crippen molar-refractivity contribution in [2.45, 2.75) is 58.7 Å². The Labute approximate surface area is 107 Å². The van der Waals surface area contributed by atoms with Gasteiger partial charge in [-0.1, -0.05) is 20.8 Å². The summed E-state index contributed by atoms with van der Waals surface area (Å²) in [7, 11) is 2.26. The number of ether oxygens (including phenoxy) is 1. The van der Waals surface area contributed by atoms with Crippen LogP contribution in [0.15, 0.2) is 0 Å². The molecule has 3 heteroatoms. The molecule has 0 radical (unpaired) electrons. The summed E-state index contributed by atoms with van der Waals surface area (Å²) in [6, 6.07) is 1.20. The van der Waals surface area contributed by atoms with Gasteiger partial charge in [0.05, 0.1) is 6.10 Å². The van der Waals surface area contributed by atoms with Crippen molar-refractivity contribution < 1.29 is 4.74 Å². The number of nitrogens with one attached hydrogen (secondary N) is 1. The highest BCUT2D eigenvalue weighted by Crippen LogP contribution is 2.22. The van der Waals surface area contributed by atoms with Gasteiger partial charge in [0.25, 0.3) is 0 Å². The lowest BCUT2D eigenvalue weighted by Gasteiger charge is -2.37. The summed E-state index contributed by atoms with van der Waals surface area (Å²) in [6.45, 7) is 12.2. The predicted molar refractivity (Wildman–Crippen MR) is 73.4 cm³/mol. The third-order valence-electron chi connectivity index (χ3n) is 3.93. The topological polar surface area (TPSA) is 24.5 Å². The highest BCUT2D eigenvalue weighted by molar-refractivity contribution is 4.86. The first kappa shape index (κ1) is 14.9. The minimum absolute atomic E-state index is 0.382. The molecule has 1 rings (SSSR count). The molecule has 1 saturated heterocycles. The van der Waals surface area contributed by atoms with Crippen LogP contribution in [-0.2, 0) is 4.74 Å². The van der Waals surface area contributed by atoms with Crippen molar-refractivity contribution in [3.05, 3.63) is 0 Å². The lowest BCUT2D eigenvalue weighted by atomic mass is 9.99. The molecule has 3 atom stereocenters. The molecule has 0 saturated carbocycles. The van der Waals surface area contributed by atoms with E-state index in [4.69, 9.17) is 4.74 Å². The molecule has 102 valence electrons. The van der Waals surface area contributed by atoms with Crippen LogP contribution < -0.4 is 5.32 Å². The second-order valence-electron chi connectivity index (χ2n) is 5.61. The molecule has 1 heterocycles. The molecule has 0 aromatic carbocycles. The standard InChI is InChI=1S/C14H30N2O/c1-6-8-15-10-14(11(2)3)16(5)13-7-9-17-12(13)4/h11-15H,6-10H2,1-5H3. The molecule has 0 amide bonds. The van der Waals surface area contributed by atoms with Crippen molar-refractivity contribution in [2.75, 3.05) is 26.7 Å². The molecule has 1 aliphatic rings. The van der Waals surface area contributed by atoms with Gasteiger partial charge in [-0.2, -0.15) is 0 Å². The van der Waals surface area contributed by atoms with Crippen LogP contribution in [0, 0.1) is 5.92 Å². The van der Waals surface area contributed by atoms with E-state index in [-0.39, 0.29) is 0 Å². The molecule has 17 heavy (non-hydrogen) atoms. The molecular weight excluding hydrogens is 212 g/mol. The van der Waals surface area contributed by atoms with Gasteiger partial charge in [0.15, 0.2) is 0 Å². The van der Waals surface area contributed by atoms with Gasteiger partial charge >= 0.3 is 0 Å². The van der Waals surface area contributed by atoms with E-state index < -0.39 is 0 Å². The van der Waals surface area contributed by atoms with Crippen LogP contribution in [0.2, 0.25) is 0 Å². The fraction of sp³-hybridized carbons (Fsp3) is 1.00. The Morgan fingerprint density at radius 1 is 1.41 bits per heavy atom. The average Bonchev–Trinajstić information content (AvgIpc) is 2.69. The maximum Gasteiger partial charge on any atom is 0.0703 e. The molecule has 0 aliphatic carbocycles. The Morgan fingerprint density at radius 3 is 2.59 bits per heavy atom. The van der Waals surface area contributed by atoms with Crippen molar-refractivity contribution in [1.82, 2.24) is 10.2 Å². The zero-order valence-corrected chi connectivity index (χ0v) is 12.2. The Bertz CT molecular complexity index is 208. The molecule has 1 fully saturated rings. The van der Waals surface area contributed by atoms with Gasteiger partial charge < -0.3 is 10.1 Å². The summed E-state index contributed by atoms with van der Waals surface area (Å²) < 4.78 is 5.68. The SMILES string of the molecule is CCCNCC(C(C)C)N(C)C1CCOC1C. The number of hydrogen-bond donors (Lipinski definition) is 1. The fourth-order valence-corrected chi connectivity index (χ4v) is 2.78. The highest BCUT2D eigenvalue weighted by atomic mass is 16.5. The maximum absolute atomic E-state index is 5.68. The van der Waals surface area contributed by atoms with Gasteiger partial charge in [-0.05, 0) is 39.3 Å². The lowest BCUT2D eigenvalue weighted by Crippen LogP contribution is -2.50. The third kappa shape index (κ3) is 4.23. The summed E-state index contributed by atoms with van der Waals surface area (Å²) in [4.78, 5) is 2.53. The Balaban J connectivity index is 2.50. The van der Waals surface area contributed by atoms with Crippen molar-refractivity contribution >= 4 is 0 Å². The molecule has 1 N–H and O–H groups in total. The van der Waals surface area contributed by atoms with Crippen molar-refractivity contribution in [2.24, 2.45) is 5.92 Å². The summed E-state index contributed by atoms with van der Waals surface area (Å²) in [6.07, 6.45) is 2.76. The van der Waals surface area contributed by atoms with E-state index in [0.717, 1.165) is 19.7 Å². The zero-order chi connectivity index (χ0) is 12.8. The van der Waals surface area contributed by atoms with Crippen LogP contribution in [0.3, 0.4) is 0 Å². The summed E-state index contributed by atoms with van der Waals surface area (Å²) in [5.41, 5.74) is 0. The largest absolute Gasteiger partial charge is 0.377 e. The maximum atomic E-state index is 5.68. The third-order valence-corrected chi connectivity index (χ3v) is 3.93. The molecule has 0 aromatic heterocycles. The number of likely N-dealkylation sites (N-methyl/N-ethyl adjacent to an activating group) is 1. The molecule has 0 aromatic rings. The first-order valence-corrected chi connectivity index (χ1v) is 7.12. The van der Waals surface area contributed by atoms with Gasteiger partial charge in [-0.15, -0.1) is 0 Å². The van der Waals surface area contributed by atoms with Crippen LogP contribution in [0.5, 0.6) is 0 Å². The van der Waals surface area contributed by atoms with E-state index in [1.807, 2.05) is 0 Å². The van der Waals surface area contributed by atoms with E-state index in [1.165, 1.54) is 12.8 Å². The second-order valence-corrected chi connectivity index (χ2v) is 5.61. The Hall–Kier alpha value is -0.120. The van der Waals surface area contributed by atoms with Crippen LogP contribution in [0.25, 0.3) is 0 Å². The second kappa shape index (κ2) is 7.34. The van der Waals surface area contributed by atoms with Crippen LogP contribution in [-0.4, -0.2) is 49.8 Å². The van der Waals surface area contributed by atoms with Gasteiger partial charge in [-0.3, -0.25) is 4.90 Å². The quantitative estimate of drug-likeness (QED) is 0.692. The first-order valence-electron chi connectivity index (χ1n) is 7.12. The molecule has 3 unspecified atom stereocenters. The molecule has 1 aliphatic heterocycles. The Morgan fingerprint density at radius 2 is 2.12 bits per heavy atom. The number of rotatable bonds is 7. The fourth-order valence-electron chi connectivity index (χ4n) is 2.78. The average molecular weight is 242 g/mol. The summed E-state index contributed by atoms with van der Waals surface area (Å²) in [5, 5.41) is 3.55. The molecule has 0 bridgehead atoms. The minimum Gasteiger partial charge on any atom is -0.377 e. The smallest absolute Gasteiger partial charge is 0.0703 e. The normalized spacial score (nSPS) is 27.0. The molecule has 0 spiro atoms. The van der Waals surface area contributed by atoms with E-state index in [1.54, 1.807) is 0 Å². The van der Waals surface area contributed by atoms with Crippen LogP contribution in [0.1, 0.15) is 40.5 Å². The zero-order valence-electron chi connectivity index (χ0n) is 12.2. The molecular formula is C14H30N2O. The van der Waals surface area contributed by atoms with Gasteiger partial charge in [-0.25, -0.2) is 0 Å². The first-order chi connectivity index (χ1) is 8.07. The molecule has 3 nitrogen and oxygen atoms in total. The van der Waals surface area contributed by atoms with E-state index in [2.05, 4.69) is 45.0 Å². The van der Waals surface area contributed by atoms with E-state index >= 15 is 0 Å². The highest BCUT2D eigenvalue weighted by Gasteiger charge is 2.32. The van der Waals surface area contributed by atoms with Crippen LogP contribution in [0.4, 0.5) is 0 Å². The number of nitrogens with zero attached hydrogens (tertiary/aromatic N) is 1. The number of hydrogen-bond acceptors (Lipinski definition) is 3. The van der Waals surface area contributed by atoms with Crippen molar-refractivity contribution in [3.63, 3.8) is 0 Å². The van der Waals surface area contributed by atoms with Gasteiger partial charge in [0.2, 0.25) is 0 Å². The summed E-state index contributed by atoms with van der Waals surface area (Å²) >= 11 is 0. The van der Waals surface area contributed by atoms with Crippen molar-refractivity contribution in [3.8, 4) is 0 Å².